The van der Waals surface area contributed by atoms with E-state index in [0.717, 1.165) is 12.0 Å². The predicted molar refractivity (Wildman–Crippen MR) is 76.9 cm³/mol. The summed E-state index contributed by atoms with van der Waals surface area (Å²) in [6, 6.07) is 9.21. The van der Waals surface area contributed by atoms with Crippen molar-refractivity contribution in [3.05, 3.63) is 35.9 Å². The van der Waals surface area contributed by atoms with Crippen molar-refractivity contribution < 1.29 is 19.4 Å². The van der Waals surface area contributed by atoms with E-state index in [2.05, 4.69) is 5.32 Å². The number of nitrogens with one attached hydrogen (secondary N) is 1. The van der Waals surface area contributed by atoms with Gasteiger partial charge in [-0.25, -0.2) is 9.59 Å². The topological polar surface area (TPSA) is 78.9 Å². The molecule has 1 aromatic carbocycles. The van der Waals surface area contributed by atoms with Crippen molar-refractivity contribution in [1.82, 2.24) is 10.2 Å². The summed E-state index contributed by atoms with van der Waals surface area (Å²) in [7, 11) is 0. The Hall–Kier alpha value is -2.24. The lowest BCUT2D eigenvalue weighted by atomic mass is 9.94. The third-order valence-electron chi connectivity index (χ3n) is 3.73. The summed E-state index contributed by atoms with van der Waals surface area (Å²) in [5.74, 6) is 0.208. The number of carbonyl (C=O) groups is 2. The van der Waals surface area contributed by atoms with Gasteiger partial charge in [0, 0.05) is 13.1 Å². The fourth-order valence-electron chi connectivity index (χ4n) is 2.39. The summed E-state index contributed by atoms with van der Waals surface area (Å²) >= 11 is 0. The van der Waals surface area contributed by atoms with Crippen LogP contribution in [0.3, 0.4) is 0 Å². The molecule has 0 aliphatic carbocycles. The van der Waals surface area contributed by atoms with E-state index in [0.29, 0.717) is 13.1 Å². The highest BCUT2D eigenvalue weighted by molar-refractivity contribution is 5.68. The van der Waals surface area contributed by atoms with Crippen molar-refractivity contribution in [3.63, 3.8) is 0 Å². The molecule has 0 bridgehead atoms. The highest BCUT2D eigenvalue weighted by Gasteiger charge is 2.30. The molecule has 0 radical (unpaired) electrons. The Labute approximate surface area is 123 Å². The molecule has 0 aromatic heterocycles. The zero-order valence-electron chi connectivity index (χ0n) is 12.0. The van der Waals surface area contributed by atoms with Crippen LogP contribution in [0.1, 0.15) is 18.9 Å². The molecule has 0 saturated carbocycles. The van der Waals surface area contributed by atoms with Gasteiger partial charge in [-0.05, 0) is 17.9 Å². The Balaban J connectivity index is 1.86. The van der Waals surface area contributed by atoms with Crippen LogP contribution in [-0.4, -0.2) is 41.3 Å². The molecule has 1 aliphatic rings. The average Bonchev–Trinajstić information content (AvgIpc) is 2.47. The fourth-order valence-corrected chi connectivity index (χ4v) is 2.39. The standard InChI is InChI=1S/C15H20N2O4/c1-11-7-8-17(9-13(11)16-14(18)19)15(20)21-10-12-5-3-2-4-6-12/h2-6,11,13,16H,7-10H2,1H3,(H,18,19)/t11-,13+/m0/s1. The fraction of sp³-hybridized carbons (Fsp3) is 0.467. The highest BCUT2D eigenvalue weighted by atomic mass is 16.6. The van der Waals surface area contributed by atoms with Gasteiger partial charge in [0.1, 0.15) is 6.61 Å². The molecule has 6 heteroatoms. The normalized spacial score (nSPS) is 21.7. The van der Waals surface area contributed by atoms with E-state index in [1.54, 1.807) is 4.90 Å². The van der Waals surface area contributed by atoms with Crippen molar-refractivity contribution in [3.8, 4) is 0 Å². The molecule has 6 nitrogen and oxygen atoms in total. The van der Waals surface area contributed by atoms with Gasteiger partial charge < -0.3 is 20.1 Å². The minimum Gasteiger partial charge on any atom is -0.465 e. The van der Waals surface area contributed by atoms with Gasteiger partial charge in [-0.2, -0.15) is 0 Å². The maximum Gasteiger partial charge on any atom is 0.410 e. The van der Waals surface area contributed by atoms with Gasteiger partial charge in [-0.15, -0.1) is 0 Å². The van der Waals surface area contributed by atoms with Crippen LogP contribution >= 0.6 is 0 Å². The van der Waals surface area contributed by atoms with Crippen LogP contribution in [0, 0.1) is 5.92 Å². The van der Waals surface area contributed by atoms with Gasteiger partial charge in [0.2, 0.25) is 0 Å². The molecule has 1 heterocycles. The number of piperidine rings is 1. The first-order chi connectivity index (χ1) is 10.1. The Bertz CT molecular complexity index is 492. The molecule has 1 saturated heterocycles. The van der Waals surface area contributed by atoms with Crippen molar-refractivity contribution in [2.45, 2.75) is 26.0 Å². The van der Waals surface area contributed by atoms with Gasteiger partial charge >= 0.3 is 12.2 Å². The maximum atomic E-state index is 12.0. The first-order valence-corrected chi connectivity index (χ1v) is 7.01. The van der Waals surface area contributed by atoms with Gasteiger partial charge in [0.25, 0.3) is 0 Å². The molecule has 21 heavy (non-hydrogen) atoms. The third kappa shape index (κ3) is 4.37. The van der Waals surface area contributed by atoms with E-state index in [1.807, 2.05) is 37.3 Å². The number of rotatable bonds is 3. The number of hydrogen-bond donors (Lipinski definition) is 2. The van der Waals surface area contributed by atoms with E-state index >= 15 is 0 Å². The molecule has 1 fully saturated rings. The third-order valence-corrected chi connectivity index (χ3v) is 3.73. The number of carbonyl (C=O) groups excluding carboxylic acids is 1. The van der Waals surface area contributed by atoms with Crippen LogP contribution in [0.2, 0.25) is 0 Å². The summed E-state index contributed by atoms with van der Waals surface area (Å²) in [6.07, 6.45) is -0.708. The molecular weight excluding hydrogens is 272 g/mol. The lowest BCUT2D eigenvalue weighted by Crippen LogP contribution is -2.53. The Morgan fingerprint density at radius 1 is 1.38 bits per heavy atom. The van der Waals surface area contributed by atoms with Gasteiger partial charge in [-0.1, -0.05) is 37.3 Å². The summed E-state index contributed by atoms with van der Waals surface area (Å²) in [5.41, 5.74) is 0.927. The molecule has 1 aromatic rings. The second-order valence-corrected chi connectivity index (χ2v) is 5.31. The van der Waals surface area contributed by atoms with Crippen LogP contribution in [0.5, 0.6) is 0 Å². The van der Waals surface area contributed by atoms with Crippen LogP contribution in [0.4, 0.5) is 9.59 Å². The number of nitrogens with zero attached hydrogens (tertiary/aromatic N) is 1. The lowest BCUT2D eigenvalue weighted by Gasteiger charge is -2.36. The number of hydrogen-bond acceptors (Lipinski definition) is 3. The number of carboxylic acid groups (broad SMARTS) is 1. The summed E-state index contributed by atoms with van der Waals surface area (Å²) < 4.78 is 5.27. The Kier molecular flexibility index (Phi) is 5.03. The van der Waals surface area contributed by atoms with Crippen LogP contribution < -0.4 is 5.32 Å². The van der Waals surface area contributed by atoms with Crippen molar-refractivity contribution in [2.75, 3.05) is 13.1 Å². The van der Waals surface area contributed by atoms with Gasteiger partial charge in [-0.3, -0.25) is 0 Å². The smallest absolute Gasteiger partial charge is 0.410 e. The van der Waals surface area contributed by atoms with Gasteiger partial charge in [0.15, 0.2) is 0 Å². The molecule has 2 N–H and O–H groups in total. The van der Waals surface area contributed by atoms with Crippen LogP contribution in [0.25, 0.3) is 0 Å². The summed E-state index contributed by atoms with van der Waals surface area (Å²) in [5, 5.41) is 11.3. The second-order valence-electron chi connectivity index (χ2n) is 5.31. The van der Waals surface area contributed by atoms with Crippen LogP contribution in [0.15, 0.2) is 30.3 Å². The first-order valence-electron chi connectivity index (χ1n) is 7.01. The maximum absolute atomic E-state index is 12.0. The molecule has 2 atom stereocenters. The summed E-state index contributed by atoms with van der Waals surface area (Å²) in [6.45, 7) is 3.14. The second kappa shape index (κ2) is 6.97. The zero-order valence-corrected chi connectivity index (χ0v) is 12.0. The predicted octanol–water partition coefficient (Wildman–Crippen LogP) is 2.30. The minimum absolute atomic E-state index is 0.208. The SMILES string of the molecule is C[C@H]1CCN(C(=O)OCc2ccccc2)C[C@H]1NC(=O)O. The molecule has 2 rings (SSSR count). The van der Waals surface area contributed by atoms with Gasteiger partial charge in [0.05, 0.1) is 6.04 Å². The highest BCUT2D eigenvalue weighted by Crippen LogP contribution is 2.18. The van der Waals surface area contributed by atoms with E-state index in [-0.39, 0.29) is 18.6 Å². The van der Waals surface area contributed by atoms with Crippen molar-refractivity contribution in [2.24, 2.45) is 5.92 Å². The minimum atomic E-state index is -1.06. The van der Waals surface area contributed by atoms with E-state index in [1.165, 1.54) is 0 Å². The molecule has 0 spiro atoms. The Morgan fingerprint density at radius 2 is 2.10 bits per heavy atom. The molecule has 114 valence electrons. The molecule has 2 amide bonds. The number of amides is 2. The van der Waals surface area contributed by atoms with Crippen LogP contribution in [-0.2, 0) is 11.3 Å². The molecular formula is C15H20N2O4. The van der Waals surface area contributed by atoms with E-state index in [4.69, 9.17) is 9.84 Å². The van der Waals surface area contributed by atoms with E-state index < -0.39 is 12.2 Å². The van der Waals surface area contributed by atoms with E-state index in [9.17, 15) is 9.59 Å². The monoisotopic (exact) mass is 292 g/mol. The number of ether oxygens (including phenoxy) is 1. The largest absolute Gasteiger partial charge is 0.465 e. The Morgan fingerprint density at radius 3 is 2.76 bits per heavy atom. The number of likely N-dealkylation sites (tertiary alicyclic amines) is 1. The van der Waals surface area contributed by atoms with Crippen molar-refractivity contribution in [1.29, 1.82) is 0 Å². The molecule has 1 aliphatic heterocycles. The summed E-state index contributed by atoms with van der Waals surface area (Å²) in [4.78, 5) is 24.4. The zero-order chi connectivity index (χ0) is 15.2. The number of benzene rings is 1. The quantitative estimate of drug-likeness (QED) is 0.896. The average molecular weight is 292 g/mol. The van der Waals surface area contributed by atoms with Crippen molar-refractivity contribution >= 4 is 12.2 Å². The first kappa shape index (κ1) is 15.2. The molecule has 0 unspecified atom stereocenters. The lowest BCUT2D eigenvalue weighted by molar-refractivity contribution is 0.0734.